The minimum Gasteiger partial charge on any atom is -0.497 e. The number of aromatic nitrogens is 2. The van der Waals surface area contributed by atoms with Crippen LogP contribution in [0.1, 0.15) is 16.8 Å². The summed E-state index contributed by atoms with van der Waals surface area (Å²) in [4.78, 5) is 7.02. The number of pyridine rings is 1. The van der Waals surface area contributed by atoms with Gasteiger partial charge in [0.2, 0.25) is 0 Å². The molecule has 0 aliphatic carbocycles. The van der Waals surface area contributed by atoms with Crippen LogP contribution in [0.2, 0.25) is 0 Å². The van der Waals surface area contributed by atoms with Crippen molar-refractivity contribution in [3.05, 3.63) is 83.7 Å². The molecule has 32 heavy (non-hydrogen) atoms. The zero-order valence-electron chi connectivity index (χ0n) is 19.0. The second-order valence-corrected chi connectivity index (χ2v) is 7.74. The summed E-state index contributed by atoms with van der Waals surface area (Å²) in [6.45, 7) is 3.36. The molecule has 0 fully saturated rings. The van der Waals surface area contributed by atoms with Crippen LogP contribution in [-0.2, 0) is 13.0 Å². The van der Waals surface area contributed by atoms with Crippen LogP contribution in [0.5, 0.6) is 17.2 Å². The molecule has 0 aliphatic heterocycles. The molecule has 0 amide bonds. The third-order valence-electron chi connectivity index (χ3n) is 5.48. The number of rotatable bonds is 9. The standard InChI is InChI=1S/C26H29N3O3/c1-19-26(28(2)18-21-10-12-22(30-3)13-11-21)29-15-6-9-24(25(29)27-19)32-16-14-20-7-5-8-23(17-20)31-4/h5-13,15,17H,14,16,18H2,1-4H3. The molecular formula is C26H29N3O3. The summed E-state index contributed by atoms with van der Waals surface area (Å²) >= 11 is 0. The molecule has 6 nitrogen and oxygen atoms in total. The van der Waals surface area contributed by atoms with Gasteiger partial charge in [-0.25, -0.2) is 4.98 Å². The van der Waals surface area contributed by atoms with E-state index in [1.807, 2.05) is 55.6 Å². The fourth-order valence-corrected chi connectivity index (χ4v) is 3.90. The van der Waals surface area contributed by atoms with Crippen molar-refractivity contribution in [2.75, 3.05) is 32.8 Å². The van der Waals surface area contributed by atoms with Crippen LogP contribution in [0, 0.1) is 6.92 Å². The Labute approximate surface area is 189 Å². The summed E-state index contributed by atoms with van der Waals surface area (Å²) < 4.78 is 18.8. The Morgan fingerprint density at radius 2 is 1.69 bits per heavy atom. The zero-order valence-corrected chi connectivity index (χ0v) is 19.0. The molecule has 0 radical (unpaired) electrons. The van der Waals surface area contributed by atoms with Gasteiger partial charge in [-0.15, -0.1) is 0 Å². The second kappa shape index (κ2) is 9.64. The zero-order chi connectivity index (χ0) is 22.5. The summed E-state index contributed by atoms with van der Waals surface area (Å²) in [6, 6.07) is 20.2. The molecule has 6 heteroatoms. The monoisotopic (exact) mass is 431 g/mol. The number of anilines is 1. The van der Waals surface area contributed by atoms with Crippen molar-refractivity contribution < 1.29 is 14.2 Å². The fraction of sp³-hybridized carbons (Fsp3) is 0.269. The summed E-state index contributed by atoms with van der Waals surface area (Å²) in [5, 5.41) is 0. The molecule has 4 rings (SSSR count). The molecule has 0 saturated carbocycles. The number of aryl methyl sites for hydroxylation is 1. The first kappa shape index (κ1) is 21.6. The predicted octanol–water partition coefficient (Wildman–Crippen LogP) is 4.92. The maximum Gasteiger partial charge on any atom is 0.181 e. The van der Waals surface area contributed by atoms with Crippen molar-refractivity contribution in [1.29, 1.82) is 0 Å². The summed E-state index contributed by atoms with van der Waals surface area (Å²) in [5.41, 5.74) is 4.17. The van der Waals surface area contributed by atoms with E-state index in [0.29, 0.717) is 6.61 Å². The number of hydrogen-bond acceptors (Lipinski definition) is 5. The Balaban J connectivity index is 1.50. The van der Waals surface area contributed by atoms with Gasteiger partial charge in [-0.05, 0) is 54.4 Å². The van der Waals surface area contributed by atoms with Gasteiger partial charge in [0.05, 0.1) is 26.5 Å². The van der Waals surface area contributed by atoms with Crippen molar-refractivity contribution in [2.45, 2.75) is 19.9 Å². The van der Waals surface area contributed by atoms with Gasteiger partial charge in [0.1, 0.15) is 17.3 Å². The average molecular weight is 432 g/mol. The van der Waals surface area contributed by atoms with E-state index in [0.717, 1.165) is 47.4 Å². The van der Waals surface area contributed by atoms with E-state index < -0.39 is 0 Å². The van der Waals surface area contributed by atoms with Gasteiger partial charge in [-0.1, -0.05) is 24.3 Å². The lowest BCUT2D eigenvalue weighted by Crippen LogP contribution is -2.19. The number of benzene rings is 2. The van der Waals surface area contributed by atoms with Gasteiger partial charge in [0.15, 0.2) is 11.4 Å². The van der Waals surface area contributed by atoms with Gasteiger partial charge in [0.25, 0.3) is 0 Å². The minimum atomic E-state index is 0.565. The molecule has 4 aromatic rings. The third-order valence-corrected chi connectivity index (χ3v) is 5.48. The first-order valence-electron chi connectivity index (χ1n) is 10.7. The molecule has 0 unspecified atom stereocenters. The Bertz CT molecular complexity index is 1180. The lowest BCUT2D eigenvalue weighted by atomic mass is 10.1. The maximum absolute atomic E-state index is 6.13. The van der Waals surface area contributed by atoms with Gasteiger partial charge in [-0.2, -0.15) is 0 Å². The Morgan fingerprint density at radius 1 is 0.906 bits per heavy atom. The van der Waals surface area contributed by atoms with E-state index >= 15 is 0 Å². The maximum atomic E-state index is 6.13. The number of nitrogens with zero attached hydrogens (tertiary/aromatic N) is 3. The smallest absolute Gasteiger partial charge is 0.181 e. The van der Waals surface area contributed by atoms with Crippen LogP contribution in [0.25, 0.3) is 5.65 Å². The van der Waals surface area contributed by atoms with E-state index in [4.69, 9.17) is 19.2 Å². The molecule has 0 bridgehead atoms. The summed E-state index contributed by atoms with van der Waals surface area (Å²) in [7, 11) is 5.44. The van der Waals surface area contributed by atoms with Crippen molar-refractivity contribution in [2.24, 2.45) is 0 Å². The molecule has 0 N–H and O–H groups in total. The highest BCUT2D eigenvalue weighted by Crippen LogP contribution is 2.28. The number of ether oxygens (including phenoxy) is 3. The van der Waals surface area contributed by atoms with E-state index in [2.05, 4.69) is 34.5 Å². The first-order chi connectivity index (χ1) is 15.6. The van der Waals surface area contributed by atoms with Crippen LogP contribution in [-0.4, -0.2) is 37.3 Å². The van der Waals surface area contributed by atoms with E-state index in [9.17, 15) is 0 Å². The molecule has 2 heterocycles. The lowest BCUT2D eigenvalue weighted by Gasteiger charge is -2.20. The molecular weight excluding hydrogens is 402 g/mol. The Hall–Kier alpha value is -3.67. The highest BCUT2D eigenvalue weighted by molar-refractivity contribution is 5.63. The largest absolute Gasteiger partial charge is 0.497 e. The first-order valence-corrected chi connectivity index (χ1v) is 10.7. The topological polar surface area (TPSA) is 48.2 Å². The number of imidazole rings is 1. The van der Waals surface area contributed by atoms with E-state index in [-0.39, 0.29) is 0 Å². The van der Waals surface area contributed by atoms with Crippen LogP contribution in [0.4, 0.5) is 5.82 Å². The predicted molar refractivity (Wildman–Crippen MR) is 127 cm³/mol. The molecule has 0 atom stereocenters. The van der Waals surface area contributed by atoms with Gasteiger partial charge in [-0.3, -0.25) is 4.40 Å². The second-order valence-electron chi connectivity index (χ2n) is 7.74. The van der Waals surface area contributed by atoms with Crippen molar-refractivity contribution >= 4 is 11.5 Å². The molecule has 166 valence electrons. The van der Waals surface area contributed by atoms with E-state index in [1.165, 1.54) is 11.1 Å². The number of hydrogen-bond donors (Lipinski definition) is 0. The highest BCUT2D eigenvalue weighted by atomic mass is 16.5. The summed E-state index contributed by atoms with van der Waals surface area (Å²) in [5.74, 6) is 3.55. The Kier molecular flexibility index (Phi) is 6.50. The van der Waals surface area contributed by atoms with Crippen molar-refractivity contribution in [3.8, 4) is 17.2 Å². The van der Waals surface area contributed by atoms with Crippen LogP contribution >= 0.6 is 0 Å². The SMILES string of the molecule is COc1ccc(CN(C)c2c(C)nc3c(OCCc4cccc(OC)c4)cccn23)cc1. The van der Waals surface area contributed by atoms with Crippen molar-refractivity contribution in [1.82, 2.24) is 9.38 Å². The molecule has 0 aliphatic rings. The lowest BCUT2D eigenvalue weighted by molar-refractivity contribution is 0.323. The number of methoxy groups -OCH3 is 2. The van der Waals surface area contributed by atoms with Crippen LogP contribution in [0.3, 0.4) is 0 Å². The molecule has 0 saturated heterocycles. The van der Waals surface area contributed by atoms with Crippen LogP contribution < -0.4 is 19.1 Å². The molecule has 0 spiro atoms. The summed E-state index contributed by atoms with van der Waals surface area (Å²) in [6.07, 6.45) is 2.83. The van der Waals surface area contributed by atoms with Gasteiger partial charge < -0.3 is 19.1 Å². The van der Waals surface area contributed by atoms with Crippen molar-refractivity contribution in [3.63, 3.8) is 0 Å². The highest BCUT2D eigenvalue weighted by Gasteiger charge is 2.16. The van der Waals surface area contributed by atoms with Gasteiger partial charge in [0, 0.05) is 26.2 Å². The van der Waals surface area contributed by atoms with E-state index in [1.54, 1.807) is 14.2 Å². The quantitative estimate of drug-likeness (QED) is 0.377. The molecule has 2 aromatic carbocycles. The minimum absolute atomic E-state index is 0.565. The normalized spacial score (nSPS) is 10.9. The van der Waals surface area contributed by atoms with Gasteiger partial charge >= 0.3 is 0 Å². The third kappa shape index (κ3) is 4.64. The molecule has 2 aromatic heterocycles. The van der Waals surface area contributed by atoms with Crippen LogP contribution in [0.15, 0.2) is 66.9 Å². The fourth-order valence-electron chi connectivity index (χ4n) is 3.90. The Morgan fingerprint density at radius 3 is 2.44 bits per heavy atom. The number of fused-ring (bicyclic) bond motifs is 1. The average Bonchev–Trinajstić information content (AvgIpc) is 3.16.